The van der Waals surface area contributed by atoms with Crippen molar-refractivity contribution in [3.63, 3.8) is 0 Å². The van der Waals surface area contributed by atoms with Crippen LogP contribution in [0.25, 0.3) is 0 Å². The molecule has 0 fully saturated rings. The Kier molecular flexibility index (Phi) is 4.27. The summed E-state index contributed by atoms with van der Waals surface area (Å²) in [7, 11) is 0. The number of aryl methyl sites for hydroxylation is 1. The first-order valence-electron chi connectivity index (χ1n) is 7.67. The number of halogens is 1. The van der Waals surface area contributed by atoms with Crippen LogP contribution in [0.5, 0.6) is 0 Å². The molecule has 1 aromatic carbocycles. The Morgan fingerprint density at radius 2 is 2.24 bits per heavy atom. The lowest BCUT2D eigenvalue weighted by molar-refractivity contribution is 0.598. The molecule has 1 heterocycles. The number of nitrogens with one attached hydrogen (secondary N) is 1. The summed E-state index contributed by atoms with van der Waals surface area (Å²) in [6.45, 7) is 5.20. The van der Waals surface area contributed by atoms with Crippen molar-refractivity contribution in [1.82, 2.24) is 10.3 Å². The van der Waals surface area contributed by atoms with E-state index in [-0.39, 0.29) is 6.04 Å². The molecule has 3 heteroatoms. The zero-order valence-corrected chi connectivity index (χ0v) is 13.3. The average Bonchev–Trinajstić information content (AvgIpc) is 2.91. The third-order valence-electron chi connectivity index (χ3n) is 4.36. The van der Waals surface area contributed by atoms with Crippen LogP contribution >= 0.6 is 11.6 Å². The summed E-state index contributed by atoms with van der Waals surface area (Å²) >= 11 is 6.51. The lowest BCUT2D eigenvalue weighted by Gasteiger charge is -2.17. The topological polar surface area (TPSA) is 24.9 Å². The minimum absolute atomic E-state index is 0.283. The van der Waals surface area contributed by atoms with E-state index in [4.69, 9.17) is 11.6 Å². The standard InChI is InChI=1S/C18H21ClN2/c1-3-20-12(2)15-8-7-14(11-17(15)19)16-9-6-13-5-4-10-21-18(13)16/h4-5,7-8,10-12,16,20H,3,6,9H2,1-2H3. The average molecular weight is 301 g/mol. The highest BCUT2D eigenvalue weighted by Gasteiger charge is 2.25. The van der Waals surface area contributed by atoms with Gasteiger partial charge in [0, 0.05) is 23.2 Å². The molecule has 110 valence electrons. The van der Waals surface area contributed by atoms with Crippen LogP contribution in [0, 0.1) is 0 Å². The van der Waals surface area contributed by atoms with Crippen molar-refractivity contribution in [2.45, 2.75) is 38.6 Å². The highest BCUT2D eigenvalue weighted by Crippen LogP contribution is 2.38. The van der Waals surface area contributed by atoms with Crippen molar-refractivity contribution in [2.24, 2.45) is 0 Å². The summed E-state index contributed by atoms with van der Waals surface area (Å²) < 4.78 is 0. The van der Waals surface area contributed by atoms with Gasteiger partial charge in [0.1, 0.15) is 0 Å². The maximum Gasteiger partial charge on any atom is 0.0510 e. The van der Waals surface area contributed by atoms with Gasteiger partial charge >= 0.3 is 0 Å². The molecule has 1 aromatic heterocycles. The van der Waals surface area contributed by atoms with Crippen molar-refractivity contribution in [2.75, 3.05) is 6.54 Å². The van der Waals surface area contributed by atoms with Crippen LogP contribution in [-0.2, 0) is 6.42 Å². The molecule has 21 heavy (non-hydrogen) atoms. The molecule has 0 aliphatic heterocycles. The Balaban J connectivity index is 1.90. The fourth-order valence-corrected chi connectivity index (χ4v) is 3.62. The zero-order chi connectivity index (χ0) is 14.8. The van der Waals surface area contributed by atoms with Gasteiger partial charge in [0.15, 0.2) is 0 Å². The summed E-state index contributed by atoms with van der Waals surface area (Å²) in [6, 6.07) is 11.0. The Bertz CT molecular complexity index is 639. The van der Waals surface area contributed by atoms with E-state index in [1.807, 2.05) is 12.3 Å². The smallest absolute Gasteiger partial charge is 0.0510 e. The molecule has 0 spiro atoms. The second kappa shape index (κ2) is 6.17. The van der Waals surface area contributed by atoms with Crippen molar-refractivity contribution in [3.05, 3.63) is 63.9 Å². The lowest BCUT2D eigenvalue weighted by Crippen LogP contribution is -2.18. The number of rotatable bonds is 4. The molecule has 1 N–H and O–H groups in total. The molecule has 1 aliphatic rings. The molecule has 0 radical (unpaired) electrons. The first-order valence-corrected chi connectivity index (χ1v) is 8.05. The van der Waals surface area contributed by atoms with E-state index in [2.05, 4.69) is 48.4 Å². The van der Waals surface area contributed by atoms with Crippen LogP contribution in [0.15, 0.2) is 36.5 Å². The summed E-state index contributed by atoms with van der Waals surface area (Å²) in [5, 5.41) is 4.26. The Hall–Kier alpha value is -1.38. The van der Waals surface area contributed by atoms with Gasteiger partial charge in [-0.1, -0.05) is 36.7 Å². The quantitative estimate of drug-likeness (QED) is 0.900. The second-order valence-electron chi connectivity index (χ2n) is 5.70. The van der Waals surface area contributed by atoms with Gasteiger partial charge in [-0.05, 0) is 55.1 Å². The maximum absolute atomic E-state index is 6.51. The first-order chi connectivity index (χ1) is 10.2. The second-order valence-corrected chi connectivity index (χ2v) is 6.11. The van der Waals surface area contributed by atoms with Crippen LogP contribution in [-0.4, -0.2) is 11.5 Å². The number of fused-ring (bicyclic) bond motifs is 1. The minimum Gasteiger partial charge on any atom is -0.310 e. The number of nitrogens with zero attached hydrogens (tertiary/aromatic N) is 1. The number of pyridine rings is 1. The van der Waals surface area contributed by atoms with Crippen LogP contribution in [0.3, 0.4) is 0 Å². The number of hydrogen-bond donors (Lipinski definition) is 1. The molecular weight excluding hydrogens is 280 g/mol. The SMILES string of the molecule is CCNC(C)c1ccc(C2CCc3cccnc32)cc1Cl. The normalized spacial score (nSPS) is 18.5. The molecule has 0 saturated heterocycles. The number of hydrogen-bond acceptors (Lipinski definition) is 2. The molecule has 2 unspecified atom stereocenters. The fourth-order valence-electron chi connectivity index (χ4n) is 3.26. The van der Waals surface area contributed by atoms with E-state index in [0.29, 0.717) is 5.92 Å². The highest BCUT2D eigenvalue weighted by molar-refractivity contribution is 6.31. The molecule has 1 aliphatic carbocycles. The molecule has 2 atom stereocenters. The maximum atomic E-state index is 6.51. The van der Waals surface area contributed by atoms with Crippen molar-refractivity contribution >= 4 is 11.6 Å². The van der Waals surface area contributed by atoms with Crippen molar-refractivity contribution in [1.29, 1.82) is 0 Å². The summed E-state index contributed by atoms with van der Waals surface area (Å²) in [6.07, 6.45) is 4.13. The highest BCUT2D eigenvalue weighted by atomic mass is 35.5. The molecule has 0 saturated carbocycles. The third kappa shape index (κ3) is 2.83. The Labute approximate surface area is 131 Å². The van der Waals surface area contributed by atoms with E-state index in [0.717, 1.165) is 24.4 Å². The first kappa shape index (κ1) is 14.6. The molecule has 2 nitrogen and oxygen atoms in total. The molecule has 0 bridgehead atoms. The predicted octanol–water partition coefficient (Wildman–Crippen LogP) is 4.48. The van der Waals surface area contributed by atoms with E-state index >= 15 is 0 Å². The number of benzene rings is 1. The van der Waals surface area contributed by atoms with Crippen molar-refractivity contribution < 1.29 is 0 Å². The molecule has 3 rings (SSSR count). The minimum atomic E-state index is 0.283. The fraction of sp³-hybridized carbons (Fsp3) is 0.389. The largest absolute Gasteiger partial charge is 0.310 e. The van der Waals surface area contributed by atoms with Gasteiger partial charge in [0.25, 0.3) is 0 Å². The Morgan fingerprint density at radius 1 is 1.38 bits per heavy atom. The molecule has 0 amide bonds. The number of aromatic nitrogens is 1. The molecule has 2 aromatic rings. The third-order valence-corrected chi connectivity index (χ3v) is 4.69. The van der Waals surface area contributed by atoms with Crippen LogP contribution in [0.4, 0.5) is 0 Å². The summed E-state index contributed by atoms with van der Waals surface area (Å²) in [5.74, 6) is 0.391. The van der Waals surface area contributed by atoms with Gasteiger partial charge in [-0.15, -0.1) is 0 Å². The van der Waals surface area contributed by atoms with Gasteiger partial charge in [-0.2, -0.15) is 0 Å². The monoisotopic (exact) mass is 300 g/mol. The van der Waals surface area contributed by atoms with Crippen LogP contribution in [0.1, 0.15) is 54.6 Å². The summed E-state index contributed by atoms with van der Waals surface area (Å²) in [4.78, 5) is 4.58. The Morgan fingerprint density at radius 3 is 3.00 bits per heavy atom. The van der Waals surface area contributed by atoms with E-state index in [1.165, 1.54) is 22.4 Å². The van der Waals surface area contributed by atoms with E-state index in [9.17, 15) is 0 Å². The lowest BCUT2D eigenvalue weighted by atomic mass is 9.94. The van der Waals surface area contributed by atoms with Gasteiger partial charge in [-0.25, -0.2) is 0 Å². The van der Waals surface area contributed by atoms with Crippen LogP contribution in [0.2, 0.25) is 5.02 Å². The van der Waals surface area contributed by atoms with Crippen LogP contribution < -0.4 is 5.32 Å². The van der Waals surface area contributed by atoms with Gasteiger partial charge in [0.05, 0.1) is 5.69 Å². The van der Waals surface area contributed by atoms with Crippen molar-refractivity contribution in [3.8, 4) is 0 Å². The summed E-state index contributed by atoms with van der Waals surface area (Å²) in [5.41, 5.74) is 5.05. The van der Waals surface area contributed by atoms with E-state index in [1.54, 1.807) is 0 Å². The van der Waals surface area contributed by atoms with Gasteiger partial charge in [0.2, 0.25) is 0 Å². The van der Waals surface area contributed by atoms with E-state index < -0.39 is 0 Å². The van der Waals surface area contributed by atoms with Gasteiger partial charge in [-0.3, -0.25) is 4.98 Å². The molecular formula is C18H21ClN2. The zero-order valence-electron chi connectivity index (χ0n) is 12.6. The van der Waals surface area contributed by atoms with Gasteiger partial charge < -0.3 is 5.32 Å². The predicted molar refractivity (Wildman–Crippen MR) is 87.9 cm³/mol.